The Morgan fingerprint density at radius 1 is 0.682 bits per heavy atom. The summed E-state index contributed by atoms with van der Waals surface area (Å²) in [6, 6.07) is 21.3. The molecule has 106 valence electrons. The average Bonchev–Trinajstić information content (AvgIpc) is 2.97. The normalized spacial score (nSPS) is 11.2. The summed E-state index contributed by atoms with van der Waals surface area (Å²) in [5.41, 5.74) is 4.89. The molecule has 3 nitrogen and oxygen atoms in total. The molecule has 0 spiro atoms. The lowest BCUT2D eigenvalue weighted by Gasteiger charge is -1.97. The molecule has 0 aliphatic heterocycles. The van der Waals surface area contributed by atoms with Gasteiger partial charge in [-0.05, 0) is 34.8 Å². The molecule has 0 radical (unpaired) electrons. The Morgan fingerprint density at radius 3 is 2.05 bits per heavy atom. The largest absolute Gasteiger partial charge is 0.488 e. The molecule has 0 saturated carbocycles. The van der Waals surface area contributed by atoms with Crippen LogP contribution in [0.2, 0.25) is 0 Å². The maximum absolute atomic E-state index is 9.12. The monoisotopic (exact) mass is 288 g/mol. The third-order valence-electron chi connectivity index (χ3n) is 3.81. The van der Waals surface area contributed by atoms with E-state index in [4.69, 9.17) is 14.5 Å². The summed E-state index contributed by atoms with van der Waals surface area (Å²) < 4.78 is 5.62. The molecule has 3 aromatic rings. The highest BCUT2D eigenvalue weighted by molar-refractivity contribution is 6.59. The summed E-state index contributed by atoms with van der Waals surface area (Å²) in [4.78, 5) is 0. The summed E-state index contributed by atoms with van der Waals surface area (Å²) in [7, 11) is -1.45. The van der Waals surface area contributed by atoms with Gasteiger partial charge < -0.3 is 14.5 Å². The van der Waals surface area contributed by atoms with Crippen molar-refractivity contribution < 1.29 is 14.5 Å². The van der Waals surface area contributed by atoms with Crippen molar-refractivity contribution >= 4 is 34.5 Å². The minimum atomic E-state index is -1.45. The van der Waals surface area contributed by atoms with Gasteiger partial charge in [-0.3, -0.25) is 0 Å². The van der Waals surface area contributed by atoms with Crippen molar-refractivity contribution in [3.05, 3.63) is 66.7 Å². The molecular weight excluding hydrogens is 275 g/mol. The zero-order valence-electron chi connectivity index (χ0n) is 11.7. The summed E-state index contributed by atoms with van der Waals surface area (Å²) >= 11 is 0. The van der Waals surface area contributed by atoms with Gasteiger partial charge >= 0.3 is 7.12 Å². The standard InChI is InChI=1S/C12H9BO3.C6H4/c14-13(15)8-5-6-12-10(7-8)9-3-1-2-4-11(9)16-12;1-2-5-4-6(5)3-1/h1-7,14-15H;1-4H. The van der Waals surface area contributed by atoms with E-state index < -0.39 is 7.12 Å². The quantitative estimate of drug-likeness (QED) is 0.466. The highest BCUT2D eigenvalue weighted by Gasteiger charge is 2.13. The lowest BCUT2D eigenvalue weighted by Crippen LogP contribution is -2.29. The maximum atomic E-state index is 9.12. The van der Waals surface area contributed by atoms with Crippen LogP contribution in [-0.2, 0) is 0 Å². The predicted octanol–water partition coefficient (Wildman–Crippen LogP) is 2.93. The van der Waals surface area contributed by atoms with Crippen molar-refractivity contribution in [3.8, 4) is 11.1 Å². The van der Waals surface area contributed by atoms with Crippen LogP contribution in [0.5, 0.6) is 0 Å². The van der Waals surface area contributed by atoms with Crippen LogP contribution in [0.3, 0.4) is 0 Å². The van der Waals surface area contributed by atoms with E-state index in [0.29, 0.717) is 5.46 Å². The molecule has 22 heavy (non-hydrogen) atoms. The van der Waals surface area contributed by atoms with Crippen LogP contribution >= 0.6 is 0 Å². The predicted molar refractivity (Wildman–Crippen MR) is 89.0 cm³/mol. The van der Waals surface area contributed by atoms with E-state index in [9.17, 15) is 0 Å². The molecule has 2 aromatic carbocycles. The van der Waals surface area contributed by atoms with E-state index in [1.165, 1.54) is 11.1 Å². The second kappa shape index (κ2) is 5.02. The second-order valence-electron chi connectivity index (χ2n) is 5.31. The molecule has 0 bridgehead atoms. The molecule has 2 N–H and O–H groups in total. The van der Waals surface area contributed by atoms with Crippen LogP contribution in [0, 0.1) is 0 Å². The van der Waals surface area contributed by atoms with Crippen molar-refractivity contribution in [3.63, 3.8) is 0 Å². The first-order valence-corrected chi connectivity index (χ1v) is 7.10. The Bertz CT molecular complexity index is 955. The first-order chi connectivity index (χ1) is 10.7. The summed E-state index contributed by atoms with van der Waals surface area (Å²) in [5, 5.41) is 20.1. The lowest BCUT2D eigenvalue weighted by molar-refractivity contribution is 0.426. The van der Waals surface area contributed by atoms with Gasteiger partial charge in [0.25, 0.3) is 0 Å². The van der Waals surface area contributed by atoms with E-state index in [-0.39, 0.29) is 0 Å². The molecule has 1 aromatic heterocycles. The van der Waals surface area contributed by atoms with E-state index in [2.05, 4.69) is 24.3 Å². The Morgan fingerprint density at radius 2 is 1.41 bits per heavy atom. The number of para-hydroxylation sites is 1. The number of benzene rings is 3. The number of fused-ring (bicyclic) bond motifs is 4. The second-order valence-corrected chi connectivity index (χ2v) is 5.31. The fourth-order valence-corrected chi connectivity index (χ4v) is 2.58. The minimum Gasteiger partial charge on any atom is -0.456 e. The molecule has 0 amide bonds. The van der Waals surface area contributed by atoms with Gasteiger partial charge in [0, 0.05) is 10.8 Å². The molecule has 0 fully saturated rings. The van der Waals surface area contributed by atoms with Crippen LogP contribution in [0.15, 0.2) is 71.1 Å². The van der Waals surface area contributed by atoms with Crippen LogP contribution < -0.4 is 5.46 Å². The molecule has 0 unspecified atom stereocenters. The zero-order chi connectivity index (χ0) is 15.1. The van der Waals surface area contributed by atoms with Gasteiger partial charge in [0.2, 0.25) is 0 Å². The highest BCUT2D eigenvalue weighted by Crippen LogP contribution is 2.32. The molecule has 2 aliphatic rings. The fourth-order valence-electron chi connectivity index (χ4n) is 2.58. The molecule has 1 heterocycles. The van der Waals surface area contributed by atoms with Crippen molar-refractivity contribution in [2.24, 2.45) is 0 Å². The molecule has 0 saturated heterocycles. The zero-order valence-corrected chi connectivity index (χ0v) is 11.7. The first kappa shape index (κ1) is 13.1. The topological polar surface area (TPSA) is 53.6 Å². The van der Waals surface area contributed by atoms with Gasteiger partial charge in [0.1, 0.15) is 11.2 Å². The van der Waals surface area contributed by atoms with Gasteiger partial charge in [-0.15, -0.1) is 0 Å². The highest BCUT2D eigenvalue weighted by atomic mass is 16.4. The van der Waals surface area contributed by atoms with E-state index >= 15 is 0 Å². The summed E-state index contributed by atoms with van der Waals surface area (Å²) in [6.07, 6.45) is 0. The number of hydrogen-bond donors (Lipinski definition) is 2. The molecular formula is C18H13BO3. The minimum absolute atomic E-state index is 0.471. The Hall–Kier alpha value is -2.56. The van der Waals surface area contributed by atoms with E-state index in [1.807, 2.05) is 24.3 Å². The van der Waals surface area contributed by atoms with Gasteiger partial charge in [0.15, 0.2) is 0 Å². The smallest absolute Gasteiger partial charge is 0.456 e. The third-order valence-corrected chi connectivity index (χ3v) is 3.81. The lowest BCUT2D eigenvalue weighted by atomic mass is 9.80. The van der Waals surface area contributed by atoms with Crippen LogP contribution in [0.25, 0.3) is 33.1 Å². The molecule has 4 heteroatoms. The van der Waals surface area contributed by atoms with Crippen molar-refractivity contribution in [2.45, 2.75) is 0 Å². The average molecular weight is 288 g/mol. The SMILES string of the molecule is OB(O)c1ccc2oc3ccccc3c2c1.c1cc2cc-2c1. The van der Waals surface area contributed by atoms with E-state index in [1.54, 1.807) is 18.2 Å². The molecule has 0 atom stereocenters. The van der Waals surface area contributed by atoms with E-state index in [0.717, 1.165) is 21.9 Å². The fraction of sp³-hybridized carbons (Fsp3) is 0. The summed E-state index contributed by atoms with van der Waals surface area (Å²) in [5.74, 6) is 0. The first-order valence-electron chi connectivity index (χ1n) is 7.10. The maximum Gasteiger partial charge on any atom is 0.488 e. The van der Waals surface area contributed by atoms with Crippen molar-refractivity contribution in [1.82, 2.24) is 0 Å². The Balaban J connectivity index is 0.000000172. The van der Waals surface area contributed by atoms with Crippen LogP contribution in [0.1, 0.15) is 0 Å². The number of furan rings is 1. The third kappa shape index (κ3) is 2.28. The Kier molecular flexibility index (Phi) is 3.00. The molecule has 2 aliphatic carbocycles. The van der Waals surface area contributed by atoms with Gasteiger partial charge in [-0.1, -0.05) is 48.5 Å². The van der Waals surface area contributed by atoms with Crippen molar-refractivity contribution in [1.29, 1.82) is 0 Å². The van der Waals surface area contributed by atoms with Gasteiger partial charge in [-0.2, -0.15) is 0 Å². The van der Waals surface area contributed by atoms with Crippen molar-refractivity contribution in [2.75, 3.05) is 0 Å². The number of hydrogen-bond acceptors (Lipinski definition) is 3. The Labute approximate surface area is 127 Å². The van der Waals surface area contributed by atoms with Gasteiger partial charge in [0.05, 0.1) is 0 Å². The summed E-state index contributed by atoms with van der Waals surface area (Å²) in [6.45, 7) is 0. The molecule has 5 rings (SSSR count). The van der Waals surface area contributed by atoms with Crippen LogP contribution in [-0.4, -0.2) is 17.2 Å². The van der Waals surface area contributed by atoms with Gasteiger partial charge in [-0.25, -0.2) is 0 Å². The van der Waals surface area contributed by atoms with Crippen LogP contribution in [0.4, 0.5) is 0 Å². The number of rotatable bonds is 1.